The molecule has 0 spiro atoms. The summed E-state index contributed by atoms with van der Waals surface area (Å²) in [5, 5.41) is 9.18. The highest BCUT2D eigenvalue weighted by molar-refractivity contribution is 5.92. The van der Waals surface area contributed by atoms with Crippen molar-refractivity contribution in [1.29, 1.82) is 0 Å². The van der Waals surface area contributed by atoms with E-state index in [9.17, 15) is 19.5 Å². The maximum absolute atomic E-state index is 12.6. The number of hydrogen-bond donors (Lipinski definition) is 1. The molecule has 2 bridgehead atoms. The Morgan fingerprint density at radius 1 is 1.14 bits per heavy atom. The third kappa shape index (κ3) is 4.21. The van der Waals surface area contributed by atoms with E-state index in [0.29, 0.717) is 31.0 Å². The molecule has 2 unspecified atom stereocenters. The summed E-state index contributed by atoms with van der Waals surface area (Å²) in [7, 11) is 3.33. The summed E-state index contributed by atoms with van der Waals surface area (Å²) in [6.45, 7) is 11.7. The maximum Gasteiger partial charge on any atom is 0.348 e. The molecule has 2 saturated heterocycles. The predicted molar refractivity (Wildman–Crippen MR) is 138 cm³/mol. The molecule has 3 fully saturated rings. The van der Waals surface area contributed by atoms with Gasteiger partial charge in [-0.05, 0) is 61.8 Å². The van der Waals surface area contributed by atoms with Gasteiger partial charge in [0.05, 0.1) is 19.6 Å². The standard InChI is InChI=1S/C19H27NO3.C10H14O4/c1-12(2)7-14-11-20-6-5-13-8-18(22-3)19(23-4)9-15(13)16(20)10-17(14)21;1-8(2)9(3)4-5-10(8,6(11)12)14-7(9)13/h8-9,12,14,16H,5-7,10-11H2,1-4H3;4-5H2,1-3H3,(H,11,12)/t14-,16-;/m1./s1. The van der Waals surface area contributed by atoms with Crippen LogP contribution in [-0.2, 0) is 25.5 Å². The molecule has 1 N–H and O–H groups in total. The third-order valence-corrected chi connectivity index (χ3v) is 9.60. The number of rotatable bonds is 5. The summed E-state index contributed by atoms with van der Waals surface area (Å²) in [5.41, 5.74) is -0.0168. The van der Waals surface area contributed by atoms with Crippen LogP contribution >= 0.6 is 0 Å². The first-order valence-electron chi connectivity index (χ1n) is 13.3. The molecule has 8 nitrogen and oxygen atoms in total. The minimum atomic E-state index is -1.29. The van der Waals surface area contributed by atoms with Gasteiger partial charge < -0.3 is 19.3 Å². The Bertz CT molecular complexity index is 1100. The fourth-order valence-corrected chi connectivity index (χ4v) is 6.78. The number of esters is 1. The average molecular weight is 516 g/mol. The Kier molecular flexibility index (Phi) is 7.12. The van der Waals surface area contributed by atoms with Gasteiger partial charge in [0, 0.05) is 36.9 Å². The van der Waals surface area contributed by atoms with E-state index in [-0.39, 0.29) is 17.9 Å². The normalized spacial score (nSPS) is 31.7. The fourth-order valence-electron chi connectivity index (χ4n) is 6.78. The highest BCUT2D eigenvalue weighted by Crippen LogP contribution is 2.65. The number of piperidine rings is 1. The zero-order valence-corrected chi connectivity index (χ0v) is 23.2. The molecule has 1 aromatic rings. The van der Waals surface area contributed by atoms with Crippen LogP contribution < -0.4 is 9.47 Å². The summed E-state index contributed by atoms with van der Waals surface area (Å²) in [6, 6.07) is 4.35. The highest BCUT2D eigenvalue weighted by Gasteiger charge is 2.76. The Morgan fingerprint density at radius 2 is 1.78 bits per heavy atom. The average Bonchev–Trinajstić information content (AvgIpc) is 3.14. The van der Waals surface area contributed by atoms with E-state index in [4.69, 9.17) is 14.2 Å². The molecule has 37 heavy (non-hydrogen) atoms. The molecule has 0 amide bonds. The zero-order chi connectivity index (χ0) is 27.3. The van der Waals surface area contributed by atoms with Gasteiger partial charge in [-0.3, -0.25) is 14.5 Å². The number of carboxylic acid groups (broad SMARTS) is 1. The van der Waals surface area contributed by atoms with Crippen LogP contribution in [0.5, 0.6) is 11.5 Å². The van der Waals surface area contributed by atoms with Crippen LogP contribution in [0.4, 0.5) is 0 Å². The van der Waals surface area contributed by atoms with Crippen LogP contribution in [0.2, 0.25) is 0 Å². The van der Waals surface area contributed by atoms with Crippen LogP contribution in [-0.4, -0.2) is 60.6 Å². The van der Waals surface area contributed by atoms with Crippen molar-refractivity contribution in [2.75, 3.05) is 27.3 Å². The molecule has 1 aliphatic carbocycles. The second-order valence-corrected chi connectivity index (χ2v) is 12.1. The largest absolute Gasteiger partial charge is 0.493 e. The first-order valence-corrected chi connectivity index (χ1v) is 13.3. The van der Waals surface area contributed by atoms with Crippen LogP contribution in [0, 0.1) is 22.7 Å². The van der Waals surface area contributed by atoms with Gasteiger partial charge in [0.1, 0.15) is 5.78 Å². The first kappa shape index (κ1) is 27.4. The molecule has 4 atom stereocenters. The number of carbonyl (C=O) groups excluding carboxylic acids is 2. The van der Waals surface area contributed by atoms with Crippen molar-refractivity contribution >= 4 is 17.7 Å². The summed E-state index contributed by atoms with van der Waals surface area (Å²) in [4.78, 5) is 37.9. The van der Waals surface area contributed by atoms with Gasteiger partial charge in [0.25, 0.3) is 0 Å². The maximum atomic E-state index is 12.6. The van der Waals surface area contributed by atoms with Crippen molar-refractivity contribution in [1.82, 2.24) is 4.90 Å². The Morgan fingerprint density at radius 3 is 2.27 bits per heavy atom. The number of benzene rings is 1. The van der Waals surface area contributed by atoms with Gasteiger partial charge in [-0.2, -0.15) is 0 Å². The molecule has 8 heteroatoms. The fraction of sp³-hybridized carbons (Fsp3) is 0.690. The molecule has 3 heterocycles. The quantitative estimate of drug-likeness (QED) is 0.575. The second-order valence-electron chi connectivity index (χ2n) is 12.1. The SMILES string of the molecule is CC12CCC(C(=O)O)(OC1=O)C2(C)C.COc1cc2c(cc1OC)[C@H]1CC(=O)[C@H](CC(C)C)CN1CC2. The summed E-state index contributed by atoms with van der Waals surface area (Å²) in [6.07, 6.45) is 3.66. The Hall–Kier alpha value is -2.61. The van der Waals surface area contributed by atoms with Gasteiger partial charge in [-0.1, -0.05) is 27.7 Å². The van der Waals surface area contributed by atoms with Gasteiger partial charge in [-0.25, -0.2) is 4.79 Å². The number of methoxy groups -OCH3 is 2. The van der Waals surface area contributed by atoms with E-state index in [1.807, 2.05) is 0 Å². The zero-order valence-electron chi connectivity index (χ0n) is 23.2. The van der Waals surface area contributed by atoms with Gasteiger partial charge in [-0.15, -0.1) is 0 Å². The van der Waals surface area contributed by atoms with Gasteiger partial charge in [0.15, 0.2) is 11.5 Å². The van der Waals surface area contributed by atoms with Crippen molar-refractivity contribution in [3.63, 3.8) is 0 Å². The third-order valence-electron chi connectivity index (χ3n) is 9.60. The number of ether oxygens (including phenoxy) is 3. The summed E-state index contributed by atoms with van der Waals surface area (Å²) >= 11 is 0. The molecule has 0 radical (unpaired) electrons. The lowest BCUT2D eigenvalue weighted by Gasteiger charge is -2.43. The lowest BCUT2D eigenvalue weighted by atomic mass is 9.66. The minimum absolute atomic E-state index is 0.202. The molecular weight excluding hydrogens is 474 g/mol. The van der Waals surface area contributed by atoms with Gasteiger partial charge in [0.2, 0.25) is 5.60 Å². The van der Waals surface area contributed by atoms with E-state index in [2.05, 4.69) is 30.9 Å². The van der Waals surface area contributed by atoms with Crippen molar-refractivity contribution in [2.24, 2.45) is 22.7 Å². The Balaban J connectivity index is 0.000000195. The topological polar surface area (TPSA) is 102 Å². The van der Waals surface area contributed by atoms with E-state index >= 15 is 0 Å². The van der Waals surface area contributed by atoms with Crippen molar-refractivity contribution in [3.05, 3.63) is 23.3 Å². The van der Waals surface area contributed by atoms with Crippen LogP contribution in [0.3, 0.4) is 0 Å². The number of carboxylic acids is 1. The van der Waals surface area contributed by atoms with Crippen LogP contribution in [0.1, 0.15) is 77.5 Å². The minimum Gasteiger partial charge on any atom is -0.493 e. The lowest BCUT2D eigenvalue weighted by molar-refractivity contribution is -0.178. The number of Topliss-reactive ketones (excluding diaryl/α,β-unsaturated/α-hetero) is 1. The van der Waals surface area contributed by atoms with E-state index in [1.54, 1.807) is 35.0 Å². The predicted octanol–water partition coefficient (Wildman–Crippen LogP) is 4.43. The van der Waals surface area contributed by atoms with E-state index < -0.39 is 22.4 Å². The molecule has 5 rings (SSSR count). The number of nitrogens with zero attached hydrogens (tertiary/aromatic N) is 1. The van der Waals surface area contributed by atoms with Crippen molar-refractivity contribution in [2.45, 2.75) is 78.4 Å². The van der Waals surface area contributed by atoms with Gasteiger partial charge >= 0.3 is 11.9 Å². The monoisotopic (exact) mass is 515 g/mol. The molecule has 1 aromatic carbocycles. The Labute approximate surface area is 219 Å². The molecule has 3 aliphatic heterocycles. The molecular formula is C29H41NO7. The molecule has 0 aromatic heterocycles. The second kappa shape index (κ2) is 9.61. The highest BCUT2D eigenvalue weighted by atomic mass is 16.6. The number of aliphatic carboxylic acids is 1. The number of fused-ring (bicyclic) bond motifs is 5. The summed E-state index contributed by atoms with van der Waals surface area (Å²) < 4.78 is 16.0. The lowest BCUT2D eigenvalue weighted by Crippen LogP contribution is -2.47. The van der Waals surface area contributed by atoms with Crippen molar-refractivity contribution < 1.29 is 33.7 Å². The smallest absolute Gasteiger partial charge is 0.348 e. The number of carbonyl (C=O) groups is 3. The van der Waals surface area contributed by atoms with E-state index in [0.717, 1.165) is 37.4 Å². The van der Waals surface area contributed by atoms with E-state index in [1.165, 1.54) is 11.1 Å². The summed E-state index contributed by atoms with van der Waals surface area (Å²) in [5.74, 6) is 1.34. The number of hydrogen-bond acceptors (Lipinski definition) is 7. The van der Waals surface area contributed by atoms with Crippen LogP contribution in [0.15, 0.2) is 12.1 Å². The molecule has 4 aliphatic rings. The number of ketones is 1. The van der Waals surface area contributed by atoms with Crippen LogP contribution in [0.25, 0.3) is 0 Å². The molecule has 1 saturated carbocycles. The van der Waals surface area contributed by atoms with Crippen molar-refractivity contribution in [3.8, 4) is 11.5 Å². The molecule has 204 valence electrons. The first-order chi connectivity index (χ1) is 17.3.